The van der Waals surface area contributed by atoms with Crippen LogP contribution in [0.1, 0.15) is 18.5 Å². The van der Waals surface area contributed by atoms with Gasteiger partial charge in [-0.2, -0.15) is 0 Å². The van der Waals surface area contributed by atoms with Gasteiger partial charge in [0, 0.05) is 0 Å². The van der Waals surface area contributed by atoms with Crippen molar-refractivity contribution < 1.29 is 14.3 Å². The number of rotatable bonds is 3. The van der Waals surface area contributed by atoms with Gasteiger partial charge in [0.15, 0.2) is 6.10 Å². The maximum Gasteiger partial charge on any atom is 0.337 e. The number of ether oxygens (including phenoxy) is 2. The fourth-order valence-electron chi connectivity index (χ4n) is 1.81. The fraction of sp³-hybridized carbons (Fsp3) is 0.417. The fourth-order valence-corrected chi connectivity index (χ4v) is 1.81. The summed E-state index contributed by atoms with van der Waals surface area (Å²) in [6, 6.07) is 9.66. The predicted molar refractivity (Wildman–Crippen MR) is 58.7 cm³/mol. The third-order valence-corrected chi connectivity index (χ3v) is 2.55. The van der Waals surface area contributed by atoms with E-state index in [-0.39, 0.29) is 12.0 Å². The van der Waals surface area contributed by atoms with Crippen LogP contribution >= 0.6 is 0 Å². The van der Waals surface area contributed by atoms with Crippen LogP contribution in [0.2, 0.25) is 0 Å². The van der Waals surface area contributed by atoms with Crippen LogP contribution in [-0.4, -0.2) is 25.4 Å². The number of nitrogens with one attached hydrogen (secondary N) is 1. The molecule has 0 radical (unpaired) electrons. The molecule has 86 valence electrons. The summed E-state index contributed by atoms with van der Waals surface area (Å²) in [6.07, 6.45) is -0.539. The molecule has 1 N–H and O–H groups in total. The van der Waals surface area contributed by atoms with Gasteiger partial charge in [-0.15, -0.1) is 0 Å². The third kappa shape index (κ3) is 2.23. The van der Waals surface area contributed by atoms with E-state index in [2.05, 4.69) is 5.32 Å². The van der Waals surface area contributed by atoms with Crippen LogP contribution in [0, 0.1) is 0 Å². The van der Waals surface area contributed by atoms with Crippen LogP contribution in [0.25, 0.3) is 0 Å². The zero-order valence-corrected chi connectivity index (χ0v) is 9.18. The highest BCUT2D eigenvalue weighted by Crippen LogP contribution is 2.24. The van der Waals surface area contributed by atoms with Crippen molar-refractivity contribution in [2.45, 2.75) is 19.1 Å². The maximum absolute atomic E-state index is 11.6. The smallest absolute Gasteiger partial charge is 0.337 e. The molecule has 0 saturated carbocycles. The predicted octanol–water partition coefficient (Wildman–Crippen LogP) is 1.24. The average Bonchev–Trinajstić information content (AvgIpc) is 2.79. The van der Waals surface area contributed by atoms with Crippen LogP contribution in [0.3, 0.4) is 0 Å². The molecule has 4 heteroatoms. The van der Waals surface area contributed by atoms with Gasteiger partial charge in [-0.25, -0.2) is 4.79 Å². The van der Waals surface area contributed by atoms with Crippen molar-refractivity contribution in [1.82, 2.24) is 5.32 Å². The first-order chi connectivity index (χ1) is 7.83. The second kappa shape index (κ2) is 5.09. The molecule has 2 atom stereocenters. The lowest BCUT2D eigenvalue weighted by Crippen LogP contribution is -2.30. The van der Waals surface area contributed by atoms with Crippen molar-refractivity contribution >= 4 is 5.97 Å². The first kappa shape index (κ1) is 11.1. The minimum atomic E-state index is -0.539. The van der Waals surface area contributed by atoms with Crippen LogP contribution in [0.5, 0.6) is 0 Å². The quantitative estimate of drug-likeness (QED) is 0.780. The van der Waals surface area contributed by atoms with Crippen molar-refractivity contribution in [2.24, 2.45) is 0 Å². The lowest BCUT2D eigenvalue weighted by atomic mass is 10.0. The second-order valence-corrected chi connectivity index (χ2v) is 3.58. The van der Waals surface area contributed by atoms with Crippen LogP contribution in [0.4, 0.5) is 0 Å². The molecule has 1 heterocycles. The highest BCUT2D eigenvalue weighted by Gasteiger charge is 2.35. The zero-order valence-electron chi connectivity index (χ0n) is 9.18. The molecule has 0 spiro atoms. The van der Waals surface area contributed by atoms with Crippen molar-refractivity contribution in [3.8, 4) is 0 Å². The molecule has 1 aromatic rings. The number of hydrogen-bond donors (Lipinski definition) is 1. The SMILES string of the molecule is CCOC(=O)C1OCNC1c1ccccc1. The standard InChI is InChI=1S/C12H15NO3/c1-2-15-12(14)11-10(13-8-16-11)9-6-4-3-5-7-9/h3-7,10-11,13H,2,8H2,1H3. The molecular formula is C12H15NO3. The lowest BCUT2D eigenvalue weighted by Gasteiger charge is -2.16. The van der Waals surface area contributed by atoms with E-state index in [0.29, 0.717) is 13.3 Å². The summed E-state index contributed by atoms with van der Waals surface area (Å²) in [5.74, 6) is -0.304. The largest absolute Gasteiger partial charge is 0.464 e. The highest BCUT2D eigenvalue weighted by atomic mass is 16.6. The normalized spacial score (nSPS) is 24.3. The summed E-state index contributed by atoms with van der Waals surface area (Å²) in [4.78, 5) is 11.6. The van der Waals surface area contributed by atoms with E-state index >= 15 is 0 Å². The monoisotopic (exact) mass is 221 g/mol. The highest BCUT2D eigenvalue weighted by molar-refractivity contribution is 5.76. The maximum atomic E-state index is 11.6. The average molecular weight is 221 g/mol. The molecular weight excluding hydrogens is 206 g/mol. The van der Waals surface area contributed by atoms with Crippen molar-refractivity contribution in [3.63, 3.8) is 0 Å². The molecule has 1 aromatic carbocycles. The molecule has 2 unspecified atom stereocenters. The van der Waals surface area contributed by atoms with Crippen LogP contribution in [-0.2, 0) is 14.3 Å². The van der Waals surface area contributed by atoms with Gasteiger partial charge in [0.25, 0.3) is 0 Å². The lowest BCUT2D eigenvalue weighted by molar-refractivity contribution is -0.154. The van der Waals surface area contributed by atoms with Gasteiger partial charge in [-0.1, -0.05) is 30.3 Å². The molecule has 0 bridgehead atoms. The topological polar surface area (TPSA) is 47.6 Å². The molecule has 1 aliphatic heterocycles. The van der Waals surface area contributed by atoms with Crippen LogP contribution in [0.15, 0.2) is 30.3 Å². The Morgan fingerprint density at radius 2 is 2.25 bits per heavy atom. The third-order valence-electron chi connectivity index (χ3n) is 2.55. The van der Waals surface area contributed by atoms with Gasteiger partial charge < -0.3 is 9.47 Å². The number of carbonyl (C=O) groups is 1. The molecule has 1 aliphatic rings. The summed E-state index contributed by atoms with van der Waals surface area (Å²) >= 11 is 0. The van der Waals surface area contributed by atoms with Gasteiger partial charge in [0.1, 0.15) is 0 Å². The van der Waals surface area contributed by atoms with Crippen LogP contribution < -0.4 is 5.32 Å². The van der Waals surface area contributed by atoms with Gasteiger partial charge in [0.2, 0.25) is 0 Å². The number of hydrogen-bond acceptors (Lipinski definition) is 4. The number of benzene rings is 1. The number of esters is 1. The first-order valence-corrected chi connectivity index (χ1v) is 5.39. The number of carbonyl (C=O) groups excluding carboxylic acids is 1. The molecule has 4 nitrogen and oxygen atoms in total. The van der Waals surface area contributed by atoms with Gasteiger partial charge >= 0.3 is 5.97 Å². The zero-order chi connectivity index (χ0) is 11.4. The molecule has 16 heavy (non-hydrogen) atoms. The van der Waals surface area contributed by atoms with E-state index in [1.54, 1.807) is 6.92 Å². The Morgan fingerprint density at radius 3 is 2.94 bits per heavy atom. The van der Waals surface area contributed by atoms with E-state index in [0.717, 1.165) is 5.56 Å². The van der Waals surface area contributed by atoms with Crippen molar-refractivity contribution in [2.75, 3.05) is 13.3 Å². The summed E-state index contributed by atoms with van der Waals surface area (Å²) in [7, 11) is 0. The van der Waals surface area contributed by atoms with E-state index < -0.39 is 6.10 Å². The Hall–Kier alpha value is -1.39. The summed E-state index contributed by atoms with van der Waals surface area (Å²) in [5, 5.41) is 3.14. The Labute approximate surface area is 94.6 Å². The van der Waals surface area contributed by atoms with Gasteiger partial charge in [0.05, 0.1) is 19.4 Å². The molecule has 0 aliphatic carbocycles. The van der Waals surface area contributed by atoms with E-state index in [9.17, 15) is 4.79 Å². The van der Waals surface area contributed by atoms with Gasteiger partial charge in [-0.05, 0) is 12.5 Å². The Bertz CT molecular complexity index is 353. The summed E-state index contributed by atoms with van der Waals surface area (Å²) in [6.45, 7) is 2.54. The van der Waals surface area contributed by atoms with Gasteiger partial charge in [-0.3, -0.25) is 5.32 Å². The Balaban J connectivity index is 2.12. The first-order valence-electron chi connectivity index (χ1n) is 5.39. The summed E-state index contributed by atoms with van der Waals surface area (Å²) < 4.78 is 10.3. The molecule has 1 saturated heterocycles. The van der Waals surface area contributed by atoms with E-state index in [4.69, 9.17) is 9.47 Å². The Morgan fingerprint density at radius 1 is 1.50 bits per heavy atom. The Kier molecular flexibility index (Phi) is 3.54. The minimum absolute atomic E-state index is 0.111. The van der Waals surface area contributed by atoms with Crippen molar-refractivity contribution in [1.29, 1.82) is 0 Å². The van der Waals surface area contributed by atoms with Crippen molar-refractivity contribution in [3.05, 3.63) is 35.9 Å². The molecule has 0 amide bonds. The van der Waals surface area contributed by atoms with E-state index in [1.807, 2.05) is 30.3 Å². The van der Waals surface area contributed by atoms with E-state index in [1.165, 1.54) is 0 Å². The summed E-state index contributed by atoms with van der Waals surface area (Å²) in [5.41, 5.74) is 1.04. The second-order valence-electron chi connectivity index (χ2n) is 3.58. The molecule has 2 rings (SSSR count). The minimum Gasteiger partial charge on any atom is -0.464 e. The molecule has 0 aromatic heterocycles. The molecule has 1 fully saturated rings.